The molecule has 2 aromatic carbocycles. The van der Waals surface area contributed by atoms with E-state index in [-0.39, 0.29) is 18.1 Å². The summed E-state index contributed by atoms with van der Waals surface area (Å²) >= 11 is 0. The second kappa shape index (κ2) is 8.65. The van der Waals surface area contributed by atoms with E-state index in [0.717, 1.165) is 38.1 Å². The van der Waals surface area contributed by atoms with Gasteiger partial charge < -0.3 is 19.7 Å². The Kier molecular flexibility index (Phi) is 5.81. The number of nitrogens with one attached hydrogen (secondary N) is 1. The Labute approximate surface area is 166 Å². The van der Waals surface area contributed by atoms with Crippen molar-refractivity contribution in [1.82, 2.24) is 5.32 Å². The molecule has 1 N–H and O–H groups in total. The lowest BCUT2D eigenvalue weighted by atomic mass is 9.95. The summed E-state index contributed by atoms with van der Waals surface area (Å²) in [5.41, 5.74) is 3.68. The zero-order valence-corrected chi connectivity index (χ0v) is 16.4. The number of fused-ring (bicyclic) bond motifs is 1. The van der Waals surface area contributed by atoms with Crippen LogP contribution in [0, 0.1) is 0 Å². The van der Waals surface area contributed by atoms with Gasteiger partial charge >= 0.3 is 0 Å². The summed E-state index contributed by atoms with van der Waals surface area (Å²) in [5, 5.41) is 3.22. The molecule has 5 nitrogen and oxygen atoms in total. The van der Waals surface area contributed by atoms with Crippen molar-refractivity contribution >= 4 is 11.6 Å². The Hall–Kier alpha value is -2.53. The molecule has 1 fully saturated rings. The first-order chi connectivity index (χ1) is 13.7. The van der Waals surface area contributed by atoms with E-state index in [1.165, 1.54) is 16.8 Å². The van der Waals surface area contributed by atoms with E-state index >= 15 is 0 Å². The van der Waals surface area contributed by atoms with Crippen molar-refractivity contribution in [3.05, 3.63) is 59.7 Å². The van der Waals surface area contributed by atoms with E-state index in [9.17, 15) is 4.79 Å². The topological polar surface area (TPSA) is 50.8 Å². The van der Waals surface area contributed by atoms with Crippen LogP contribution >= 0.6 is 0 Å². The largest absolute Gasteiger partial charge is 0.497 e. The van der Waals surface area contributed by atoms with Crippen molar-refractivity contribution in [2.24, 2.45) is 0 Å². The van der Waals surface area contributed by atoms with Gasteiger partial charge in [-0.15, -0.1) is 0 Å². The molecule has 148 valence electrons. The summed E-state index contributed by atoms with van der Waals surface area (Å²) in [4.78, 5) is 15.0. The highest BCUT2D eigenvalue weighted by atomic mass is 16.5. The number of hydrogen-bond acceptors (Lipinski definition) is 4. The van der Waals surface area contributed by atoms with E-state index in [4.69, 9.17) is 9.47 Å². The molecule has 4 rings (SSSR count). The van der Waals surface area contributed by atoms with Crippen LogP contribution < -0.4 is 15.0 Å². The first-order valence-electron chi connectivity index (χ1n) is 10.1. The molecule has 5 heteroatoms. The average molecular weight is 380 g/mol. The SMILES string of the molecule is COc1ccc(N2CCC(NC(=O)CC3OCCc4ccccc43)CC2)cc1. The van der Waals surface area contributed by atoms with Crippen LogP contribution in [0.15, 0.2) is 48.5 Å². The summed E-state index contributed by atoms with van der Waals surface area (Å²) < 4.78 is 11.1. The number of carbonyl (C=O) groups is 1. The van der Waals surface area contributed by atoms with E-state index in [1.54, 1.807) is 7.11 Å². The molecule has 0 aromatic heterocycles. The summed E-state index contributed by atoms with van der Waals surface area (Å²) in [7, 11) is 1.68. The van der Waals surface area contributed by atoms with E-state index in [1.807, 2.05) is 18.2 Å². The van der Waals surface area contributed by atoms with Gasteiger partial charge in [-0.3, -0.25) is 4.79 Å². The molecular weight excluding hydrogens is 352 g/mol. The second-order valence-electron chi connectivity index (χ2n) is 7.54. The Morgan fingerprint density at radius 1 is 1.14 bits per heavy atom. The molecule has 2 aromatic rings. The number of hydrogen-bond donors (Lipinski definition) is 1. The summed E-state index contributed by atoms with van der Waals surface area (Å²) in [5.74, 6) is 0.960. The van der Waals surface area contributed by atoms with Crippen LogP contribution in [-0.4, -0.2) is 38.8 Å². The van der Waals surface area contributed by atoms with Gasteiger partial charge in [0.2, 0.25) is 5.91 Å². The molecule has 0 bridgehead atoms. The highest BCUT2D eigenvalue weighted by Gasteiger charge is 2.25. The van der Waals surface area contributed by atoms with Crippen molar-refractivity contribution in [2.75, 3.05) is 31.7 Å². The number of ether oxygens (including phenoxy) is 2. The van der Waals surface area contributed by atoms with E-state index < -0.39 is 0 Å². The third-order valence-electron chi connectivity index (χ3n) is 5.76. The number of nitrogens with zero attached hydrogens (tertiary/aromatic N) is 1. The fraction of sp³-hybridized carbons (Fsp3) is 0.435. The van der Waals surface area contributed by atoms with Gasteiger partial charge in [0.15, 0.2) is 0 Å². The molecule has 0 spiro atoms. The van der Waals surface area contributed by atoms with Crippen LogP contribution in [-0.2, 0) is 16.0 Å². The van der Waals surface area contributed by atoms with Crippen molar-refractivity contribution < 1.29 is 14.3 Å². The minimum Gasteiger partial charge on any atom is -0.497 e. The number of rotatable bonds is 5. The third kappa shape index (κ3) is 4.30. The van der Waals surface area contributed by atoms with Crippen molar-refractivity contribution in [2.45, 2.75) is 37.8 Å². The maximum Gasteiger partial charge on any atom is 0.223 e. The fourth-order valence-electron chi connectivity index (χ4n) is 4.18. The molecule has 28 heavy (non-hydrogen) atoms. The molecule has 1 saturated heterocycles. The van der Waals surface area contributed by atoms with E-state index in [0.29, 0.717) is 13.0 Å². The predicted octanol–water partition coefficient (Wildman–Crippen LogP) is 3.48. The summed E-state index contributed by atoms with van der Waals surface area (Å²) in [6.45, 7) is 2.58. The van der Waals surface area contributed by atoms with Crippen LogP contribution in [0.3, 0.4) is 0 Å². The minimum absolute atomic E-state index is 0.0876. The van der Waals surface area contributed by atoms with Crippen LogP contribution in [0.2, 0.25) is 0 Å². The first-order valence-corrected chi connectivity index (χ1v) is 10.1. The van der Waals surface area contributed by atoms with Gasteiger partial charge in [-0.2, -0.15) is 0 Å². The second-order valence-corrected chi connectivity index (χ2v) is 7.54. The molecule has 2 aliphatic rings. The van der Waals surface area contributed by atoms with Gasteiger partial charge in [0, 0.05) is 24.8 Å². The lowest BCUT2D eigenvalue weighted by molar-refractivity contribution is -0.125. The lowest BCUT2D eigenvalue weighted by Gasteiger charge is -2.34. The van der Waals surface area contributed by atoms with Crippen molar-refractivity contribution in [1.29, 1.82) is 0 Å². The van der Waals surface area contributed by atoms with Gasteiger partial charge in [0.05, 0.1) is 26.2 Å². The van der Waals surface area contributed by atoms with Crippen LogP contribution in [0.25, 0.3) is 0 Å². The molecule has 2 aliphatic heterocycles. The third-order valence-corrected chi connectivity index (χ3v) is 5.76. The maximum absolute atomic E-state index is 12.6. The van der Waals surface area contributed by atoms with Gasteiger partial charge in [0.25, 0.3) is 0 Å². The molecule has 1 amide bonds. The van der Waals surface area contributed by atoms with Crippen molar-refractivity contribution in [3.63, 3.8) is 0 Å². The summed E-state index contributed by atoms with van der Waals surface area (Å²) in [6, 6.07) is 16.7. The lowest BCUT2D eigenvalue weighted by Crippen LogP contribution is -2.45. The number of methoxy groups -OCH3 is 1. The van der Waals surface area contributed by atoms with Crippen LogP contribution in [0.5, 0.6) is 5.75 Å². The molecule has 0 aliphatic carbocycles. The Morgan fingerprint density at radius 2 is 1.89 bits per heavy atom. The van der Waals surface area contributed by atoms with Gasteiger partial charge in [-0.25, -0.2) is 0 Å². The molecule has 2 heterocycles. The Bertz CT molecular complexity index is 798. The van der Waals surface area contributed by atoms with E-state index in [2.05, 4.69) is 40.5 Å². The average Bonchev–Trinajstić information content (AvgIpc) is 2.75. The predicted molar refractivity (Wildman–Crippen MR) is 110 cm³/mol. The molecule has 1 atom stereocenters. The number of piperidine rings is 1. The zero-order valence-electron chi connectivity index (χ0n) is 16.4. The minimum atomic E-state index is -0.121. The Morgan fingerprint density at radius 3 is 2.64 bits per heavy atom. The number of carbonyl (C=O) groups excluding carboxylic acids is 1. The number of anilines is 1. The van der Waals surface area contributed by atoms with Gasteiger partial charge in [-0.1, -0.05) is 24.3 Å². The molecule has 1 unspecified atom stereocenters. The summed E-state index contributed by atoms with van der Waals surface area (Å²) in [6.07, 6.45) is 3.12. The quantitative estimate of drug-likeness (QED) is 0.863. The Balaban J connectivity index is 1.27. The monoisotopic (exact) mass is 380 g/mol. The highest BCUT2D eigenvalue weighted by molar-refractivity contribution is 5.77. The molecule has 0 radical (unpaired) electrons. The zero-order chi connectivity index (χ0) is 19.3. The van der Waals surface area contributed by atoms with Gasteiger partial charge in [0.1, 0.15) is 5.75 Å². The van der Waals surface area contributed by atoms with Gasteiger partial charge in [-0.05, 0) is 54.7 Å². The smallest absolute Gasteiger partial charge is 0.223 e. The normalized spacial score (nSPS) is 19.8. The van der Waals surface area contributed by atoms with Crippen LogP contribution in [0.4, 0.5) is 5.69 Å². The standard InChI is InChI=1S/C23H28N2O3/c1-27-20-8-6-19(7-9-20)25-13-10-18(11-14-25)24-23(26)16-22-21-5-3-2-4-17(21)12-15-28-22/h2-9,18,22H,10-16H2,1H3,(H,24,26). The number of benzene rings is 2. The van der Waals surface area contributed by atoms with Crippen molar-refractivity contribution in [3.8, 4) is 5.75 Å². The maximum atomic E-state index is 12.6. The highest BCUT2D eigenvalue weighted by Crippen LogP contribution is 2.29. The molecular formula is C23H28N2O3. The first kappa shape index (κ1) is 18.8. The fourth-order valence-corrected chi connectivity index (χ4v) is 4.18. The molecule has 0 saturated carbocycles. The van der Waals surface area contributed by atoms with Crippen LogP contribution in [0.1, 0.15) is 36.5 Å². The number of amides is 1.